The third-order valence-corrected chi connectivity index (χ3v) is 6.54. The van der Waals surface area contributed by atoms with Crippen molar-refractivity contribution in [1.29, 1.82) is 5.26 Å². The number of anilines is 1. The van der Waals surface area contributed by atoms with Crippen molar-refractivity contribution in [3.63, 3.8) is 0 Å². The van der Waals surface area contributed by atoms with Gasteiger partial charge in [0.15, 0.2) is 5.78 Å². The Morgan fingerprint density at radius 3 is 2.67 bits per heavy atom. The molecule has 2 heterocycles. The quantitative estimate of drug-likeness (QED) is 0.850. The van der Waals surface area contributed by atoms with E-state index in [2.05, 4.69) is 19.1 Å². The van der Waals surface area contributed by atoms with Crippen LogP contribution in [-0.2, 0) is 11.2 Å². The first-order valence-electron chi connectivity index (χ1n) is 9.25. The van der Waals surface area contributed by atoms with Crippen molar-refractivity contribution < 1.29 is 4.79 Å². The summed E-state index contributed by atoms with van der Waals surface area (Å²) in [4.78, 5) is 17.2. The topological polar surface area (TPSA) is 70.1 Å². The number of Topliss-reactive ketones (excluding diaryl/α,β-unsaturated/α-hetero) is 1. The van der Waals surface area contributed by atoms with E-state index in [1.807, 2.05) is 41.3 Å². The second-order valence-electron chi connectivity index (χ2n) is 6.81. The minimum atomic E-state index is -0.344. The molecule has 2 N–H and O–H groups in total. The number of benzene rings is 1. The van der Waals surface area contributed by atoms with Crippen LogP contribution in [0.5, 0.6) is 0 Å². The lowest BCUT2D eigenvalue weighted by Gasteiger charge is -2.39. The lowest BCUT2D eigenvalue weighted by molar-refractivity contribution is -0.116. The summed E-state index contributed by atoms with van der Waals surface area (Å²) in [5.74, 6) is 0.227. The molecule has 0 bridgehead atoms. The first kappa shape index (κ1) is 17.6. The Hall–Kier alpha value is -2.84. The van der Waals surface area contributed by atoms with Crippen LogP contribution in [0.2, 0.25) is 0 Å². The second-order valence-corrected chi connectivity index (χ2v) is 8.01. The summed E-state index contributed by atoms with van der Waals surface area (Å²) in [5, 5.41) is 9.95. The number of carbonyl (C=O) groups is 1. The molecule has 1 atom stereocenters. The molecule has 0 amide bonds. The SMILES string of the molecule is CCc1ccc([C@H]2C(C#N)=C(N)N(c3ccccc3)C3=C2C(=O)CCC3)s1. The van der Waals surface area contributed by atoms with Crippen molar-refractivity contribution in [2.24, 2.45) is 5.73 Å². The number of carbonyl (C=O) groups excluding carboxylic acids is 1. The number of nitrogens with zero attached hydrogens (tertiary/aromatic N) is 2. The summed E-state index contributed by atoms with van der Waals surface area (Å²) in [5.41, 5.74) is 9.59. The summed E-state index contributed by atoms with van der Waals surface area (Å²) >= 11 is 1.67. The first-order chi connectivity index (χ1) is 13.2. The van der Waals surface area contributed by atoms with E-state index in [1.165, 1.54) is 4.88 Å². The van der Waals surface area contributed by atoms with Gasteiger partial charge in [0.05, 0.1) is 17.6 Å². The average molecular weight is 375 g/mol. The fourth-order valence-corrected chi connectivity index (χ4v) is 5.06. The summed E-state index contributed by atoms with van der Waals surface area (Å²) in [6, 6.07) is 16.2. The summed E-state index contributed by atoms with van der Waals surface area (Å²) < 4.78 is 0. The number of thiophene rings is 1. The van der Waals surface area contributed by atoms with E-state index in [4.69, 9.17) is 5.73 Å². The monoisotopic (exact) mass is 375 g/mol. The van der Waals surface area contributed by atoms with Crippen molar-refractivity contribution in [3.8, 4) is 6.07 Å². The number of hydrogen-bond donors (Lipinski definition) is 1. The minimum absolute atomic E-state index is 0.133. The van der Waals surface area contributed by atoms with Crippen molar-refractivity contribution in [3.05, 3.63) is 74.9 Å². The Labute approximate surface area is 163 Å². The Balaban J connectivity index is 1.95. The van der Waals surface area contributed by atoms with Crippen LogP contribution in [0, 0.1) is 11.3 Å². The summed E-state index contributed by atoms with van der Waals surface area (Å²) in [7, 11) is 0. The average Bonchev–Trinajstić information content (AvgIpc) is 3.17. The normalized spacial score (nSPS) is 19.9. The highest BCUT2D eigenvalue weighted by Gasteiger charge is 2.40. The van der Waals surface area contributed by atoms with Crippen LogP contribution in [0.15, 0.2) is 65.1 Å². The van der Waals surface area contributed by atoms with Gasteiger partial charge in [-0.15, -0.1) is 11.3 Å². The van der Waals surface area contributed by atoms with Crippen LogP contribution in [0.4, 0.5) is 5.69 Å². The van der Waals surface area contributed by atoms with Crippen molar-refractivity contribution in [2.75, 3.05) is 4.90 Å². The van der Waals surface area contributed by atoms with Crippen LogP contribution in [0.1, 0.15) is 41.9 Å². The molecule has 0 saturated carbocycles. The van der Waals surface area contributed by atoms with Crippen LogP contribution in [0.3, 0.4) is 0 Å². The number of aryl methyl sites for hydroxylation is 1. The lowest BCUT2D eigenvalue weighted by Crippen LogP contribution is -2.38. The largest absolute Gasteiger partial charge is 0.384 e. The molecule has 0 unspecified atom stereocenters. The molecule has 1 aromatic heterocycles. The number of nitriles is 1. The molecule has 0 radical (unpaired) electrons. The minimum Gasteiger partial charge on any atom is -0.384 e. The van der Waals surface area contributed by atoms with E-state index < -0.39 is 0 Å². The van der Waals surface area contributed by atoms with Crippen molar-refractivity contribution in [2.45, 2.75) is 38.5 Å². The van der Waals surface area contributed by atoms with E-state index in [1.54, 1.807) is 11.3 Å². The third kappa shape index (κ3) is 2.87. The first-order valence-corrected chi connectivity index (χ1v) is 10.1. The molecule has 1 aromatic carbocycles. The van der Waals surface area contributed by atoms with E-state index in [9.17, 15) is 10.1 Å². The van der Waals surface area contributed by atoms with Crippen molar-refractivity contribution >= 4 is 22.8 Å². The van der Waals surface area contributed by atoms with E-state index in [0.29, 0.717) is 17.8 Å². The smallest absolute Gasteiger partial charge is 0.161 e. The Morgan fingerprint density at radius 2 is 2.00 bits per heavy atom. The zero-order valence-electron chi connectivity index (χ0n) is 15.2. The maximum Gasteiger partial charge on any atom is 0.161 e. The van der Waals surface area contributed by atoms with Gasteiger partial charge in [-0.1, -0.05) is 25.1 Å². The number of allylic oxidation sites excluding steroid dienone is 3. The number of hydrogen-bond acceptors (Lipinski definition) is 5. The van der Waals surface area contributed by atoms with E-state index >= 15 is 0 Å². The van der Waals surface area contributed by atoms with Gasteiger partial charge in [0, 0.05) is 33.1 Å². The molecule has 4 rings (SSSR count). The number of rotatable bonds is 3. The fourth-order valence-electron chi connectivity index (χ4n) is 3.98. The highest BCUT2D eigenvalue weighted by atomic mass is 32.1. The number of ketones is 1. The molecule has 1 aliphatic carbocycles. The third-order valence-electron chi connectivity index (χ3n) is 5.24. The molecule has 5 heteroatoms. The predicted octanol–water partition coefficient (Wildman–Crippen LogP) is 4.62. The van der Waals surface area contributed by atoms with Crippen molar-refractivity contribution in [1.82, 2.24) is 0 Å². The Morgan fingerprint density at radius 1 is 1.22 bits per heavy atom. The Kier molecular flexibility index (Phi) is 4.59. The second kappa shape index (κ2) is 7.05. The van der Waals surface area contributed by atoms with Gasteiger partial charge >= 0.3 is 0 Å². The molecular formula is C22H21N3OS. The molecule has 27 heavy (non-hydrogen) atoms. The van der Waals surface area contributed by atoms with Gasteiger partial charge in [0.1, 0.15) is 5.82 Å². The van der Waals surface area contributed by atoms with Crippen LogP contribution in [-0.4, -0.2) is 5.78 Å². The fraction of sp³-hybridized carbons (Fsp3) is 0.273. The molecule has 0 spiro atoms. The van der Waals surface area contributed by atoms with Crippen LogP contribution < -0.4 is 10.6 Å². The van der Waals surface area contributed by atoms with Crippen LogP contribution in [0.25, 0.3) is 0 Å². The standard InChI is InChI=1S/C22H21N3OS/c1-2-15-11-12-19(27-15)20-16(13-23)22(24)25(14-7-4-3-5-8-14)17-9-6-10-18(26)21(17)20/h3-5,7-8,11-12,20H,2,6,9-10,24H2,1H3/t20-/m1/s1. The summed E-state index contributed by atoms with van der Waals surface area (Å²) in [6.07, 6.45) is 3.07. The predicted molar refractivity (Wildman–Crippen MR) is 108 cm³/mol. The molecule has 0 saturated heterocycles. The van der Waals surface area contributed by atoms with Gasteiger partial charge < -0.3 is 5.73 Å². The zero-order chi connectivity index (χ0) is 19.0. The number of para-hydroxylation sites is 1. The Bertz CT molecular complexity index is 994. The molecule has 2 aromatic rings. The molecule has 0 fully saturated rings. The van der Waals surface area contributed by atoms with E-state index in [0.717, 1.165) is 41.1 Å². The maximum atomic E-state index is 13.0. The molecule has 1 aliphatic heterocycles. The molecule has 4 nitrogen and oxygen atoms in total. The maximum absolute atomic E-state index is 13.0. The number of nitrogens with two attached hydrogens (primary N) is 1. The molecule has 136 valence electrons. The molecule has 2 aliphatic rings. The van der Waals surface area contributed by atoms with Gasteiger partial charge in [0.25, 0.3) is 0 Å². The van der Waals surface area contributed by atoms with Gasteiger partial charge in [-0.05, 0) is 43.5 Å². The lowest BCUT2D eigenvalue weighted by atomic mass is 9.78. The highest BCUT2D eigenvalue weighted by molar-refractivity contribution is 7.12. The highest BCUT2D eigenvalue weighted by Crippen LogP contribution is 2.47. The van der Waals surface area contributed by atoms with E-state index in [-0.39, 0.29) is 11.7 Å². The zero-order valence-corrected chi connectivity index (χ0v) is 16.1. The van der Waals surface area contributed by atoms with Gasteiger partial charge in [0.2, 0.25) is 0 Å². The molecular weight excluding hydrogens is 354 g/mol. The van der Waals surface area contributed by atoms with Crippen LogP contribution >= 0.6 is 11.3 Å². The van der Waals surface area contributed by atoms with Gasteiger partial charge in [-0.2, -0.15) is 5.26 Å². The van der Waals surface area contributed by atoms with Gasteiger partial charge in [-0.3, -0.25) is 9.69 Å². The summed E-state index contributed by atoms with van der Waals surface area (Å²) in [6.45, 7) is 2.11. The van der Waals surface area contributed by atoms with Gasteiger partial charge in [-0.25, -0.2) is 0 Å².